The van der Waals surface area contributed by atoms with Gasteiger partial charge < -0.3 is 14.2 Å². The van der Waals surface area contributed by atoms with Crippen molar-refractivity contribution < 1.29 is 27.4 Å². The van der Waals surface area contributed by atoms with Crippen LogP contribution in [0.3, 0.4) is 0 Å². The van der Waals surface area contributed by atoms with E-state index in [1.165, 1.54) is 19.2 Å². The van der Waals surface area contributed by atoms with E-state index in [1.807, 2.05) is 0 Å². The van der Waals surface area contributed by atoms with E-state index in [1.54, 1.807) is 30.3 Å². The standard InChI is InChI=1S/C19H20ClNO6S/c1-25-19(22)12-16(14-5-2-3-6-15(14)20)21-28(23,24)13-7-8-17-18(11-13)27-10-4-9-26-17/h2-3,5-8,11,16,21H,4,9-10,12H2,1H3/t16-/m0/s1. The van der Waals surface area contributed by atoms with Crippen LogP contribution >= 0.6 is 11.6 Å². The summed E-state index contributed by atoms with van der Waals surface area (Å²) in [5.74, 6) is 0.294. The van der Waals surface area contributed by atoms with Gasteiger partial charge >= 0.3 is 5.97 Å². The molecule has 0 bridgehead atoms. The van der Waals surface area contributed by atoms with E-state index in [0.29, 0.717) is 41.7 Å². The van der Waals surface area contributed by atoms with E-state index < -0.39 is 22.0 Å². The second-order valence-electron chi connectivity index (χ2n) is 6.13. The monoisotopic (exact) mass is 425 g/mol. The maximum Gasteiger partial charge on any atom is 0.307 e. The number of fused-ring (bicyclic) bond motifs is 1. The smallest absolute Gasteiger partial charge is 0.307 e. The number of hydrogen-bond acceptors (Lipinski definition) is 6. The summed E-state index contributed by atoms with van der Waals surface area (Å²) in [6, 6.07) is 10.2. The molecule has 9 heteroatoms. The Morgan fingerprint density at radius 3 is 2.61 bits per heavy atom. The maximum absolute atomic E-state index is 13.0. The number of halogens is 1. The van der Waals surface area contributed by atoms with Crippen LogP contribution in [0.25, 0.3) is 0 Å². The molecule has 0 aromatic heterocycles. The minimum absolute atomic E-state index is 0.00123. The first kappa shape index (κ1) is 20.4. The summed E-state index contributed by atoms with van der Waals surface area (Å²) in [7, 11) is -2.74. The lowest BCUT2D eigenvalue weighted by atomic mass is 10.1. The van der Waals surface area contributed by atoms with Crippen LogP contribution in [0.4, 0.5) is 0 Å². The van der Waals surface area contributed by atoms with Gasteiger partial charge in [0.05, 0.1) is 37.7 Å². The summed E-state index contributed by atoms with van der Waals surface area (Å²) in [4.78, 5) is 11.8. The van der Waals surface area contributed by atoms with Gasteiger partial charge in [-0.15, -0.1) is 0 Å². The first-order valence-electron chi connectivity index (χ1n) is 8.64. The SMILES string of the molecule is COC(=O)C[C@H](NS(=O)(=O)c1ccc2c(c1)OCCCO2)c1ccccc1Cl. The van der Waals surface area contributed by atoms with Gasteiger partial charge in [0.1, 0.15) is 0 Å². The van der Waals surface area contributed by atoms with Gasteiger partial charge in [-0.25, -0.2) is 13.1 Å². The number of carbonyl (C=O) groups is 1. The second kappa shape index (κ2) is 8.81. The highest BCUT2D eigenvalue weighted by Crippen LogP contribution is 2.33. The van der Waals surface area contributed by atoms with Crippen molar-refractivity contribution in [2.45, 2.75) is 23.8 Å². The first-order chi connectivity index (χ1) is 13.4. The summed E-state index contributed by atoms with van der Waals surface area (Å²) >= 11 is 6.21. The van der Waals surface area contributed by atoms with Crippen molar-refractivity contribution in [3.05, 3.63) is 53.1 Å². The zero-order chi connectivity index (χ0) is 20.1. The fourth-order valence-electron chi connectivity index (χ4n) is 2.79. The fraction of sp³-hybridized carbons (Fsp3) is 0.316. The van der Waals surface area contributed by atoms with Crippen molar-refractivity contribution in [3.8, 4) is 11.5 Å². The van der Waals surface area contributed by atoms with E-state index in [-0.39, 0.29) is 11.3 Å². The van der Waals surface area contributed by atoms with Gasteiger partial charge in [-0.2, -0.15) is 0 Å². The summed E-state index contributed by atoms with van der Waals surface area (Å²) in [5.41, 5.74) is 0.479. The number of hydrogen-bond donors (Lipinski definition) is 1. The number of rotatable bonds is 6. The molecule has 28 heavy (non-hydrogen) atoms. The number of carbonyl (C=O) groups excluding carboxylic acids is 1. The minimum atomic E-state index is -3.98. The van der Waals surface area contributed by atoms with E-state index in [0.717, 1.165) is 0 Å². The Balaban J connectivity index is 1.92. The first-order valence-corrected chi connectivity index (χ1v) is 10.5. The van der Waals surface area contributed by atoms with Crippen LogP contribution in [-0.2, 0) is 19.6 Å². The van der Waals surface area contributed by atoms with E-state index in [4.69, 9.17) is 25.8 Å². The van der Waals surface area contributed by atoms with Crippen molar-refractivity contribution in [2.24, 2.45) is 0 Å². The van der Waals surface area contributed by atoms with Crippen LogP contribution in [0.5, 0.6) is 11.5 Å². The molecule has 0 unspecified atom stereocenters. The number of benzene rings is 2. The van der Waals surface area contributed by atoms with E-state index in [9.17, 15) is 13.2 Å². The van der Waals surface area contributed by atoms with Crippen molar-refractivity contribution >= 4 is 27.6 Å². The molecule has 0 fully saturated rings. The molecular weight excluding hydrogens is 406 g/mol. The van der Waals surface area contributed by atoms with Gasteiger partial charge in [0.2, 0.25) is 10.0 Å². The molecule has 1 heterocycles. The number of sulfonamides is 1. The molecule has 2 aromatic rings. The topological polar surface area (TPSA) is 90.9 Å². The van der Waals surface area contributed by atoms with E-state index in [2.05, 4.69) is 4.72 Å². The summed E-state index contributed by atoms with van der Waals surface area (Å²) < 4.78 is 44.3. The van der Waals surface area contributed by atoms with Crippen LogP contribution < -0.4 is 14.2 Å². The molecule has 2 aromatic carbocycles. The Morgan fingerprint density at radius 1 is 1.18 bits per heavy atom. The molecular formula is C19H20ClNO6S. The second-order valence-corrected chi connectivity index (χ2v) is 8.26. The molecule has 1 aliphatic rings. The minimum Gasteiger partial charge on any atom is -0.490 e. The van der Waals surface area contributed by atoms with Gasteiger partial charge in [-0.3, -0.25) is 4.79 Å². The molecule has 0 saturated carbocycles. The molecule has 0 spiro atoms. The Morgan fingerprint density at radius 2 is 1.89 bits per heavy atom. The zero-order valence-electron chi connectivity index (χ0n) is 15.2. The predicted octanol–water partition coefficient (Wildman–Crippen LogP) is 3.08. The van der Waals surface area contributed by atoms with Gasteiger partial charge in [0, 0.05) is 17.5 Å². The summed E-state index contributed by atoms with van der Waals surface area (Å²) in [6.07, 6.45) is 0.507. The number of methoxy groups -OCH3 is 1. The molecule has 1 aliphatic heterocycles. The highest BCUT2D eigenvalue weighted by molar-refractivity contribution is 7.89. The van der Waals surface area contributed by atoms with Gasteiger partial charge in [-0.1, -0.05) is 29.8 Å². The van der Waals surface area contributed by atoms with Gasteiger partial charge in [0.25, 0.3) is 0 Å². The van der Waals surface area contributed by atoms with Crippen LogP contribution in [-0.4, -0.2) is 34.7 Å². The number of nitrogens with one attached hydrogen (secondary N) is 1. The largest absolute Gasteiger partial charge is 0.490 e. The average Bonchev–Trinajstić information content (AvgIpc) is 2.92. The highest BCUT2D eigenvalue weighted by Gasteiger charge is 2.26. The maximum atomic E-state index is 13.0. The van der Waals surface area contributed by atoms with Crippen molar-refractivity contribution in [3.63, 3.8) is 0 Å². The fourth-order valence-corrected chi connectivity index (χ4v) is 4.29. The average molecular weight is 426 g/mol. The Labute approximate surface area is 168 Å². The van der Waals surface area contributed by atoms with Gasteiger partial charge in [-0.05, 0) is 23.8 Å². The molecule has 1 atom stereocenters. The van der Waals surface area contributed by atoms with Crippen LogP contribution in [0.15, 0.2) is 47.4 Å². The van der Waals surface area contributed by atoms with Gasteiger partial charge in [0.15, 0.2) is 11.5 Å². The summed E-state index contributed by atoms with van der Waals surface area (Å²) in [6.45, 7) is 0.944. The zero-order valence-corrected chi connectivity index (χ0v) is 16.8. The quantitative estimate of drug-likeness (QED) is 0.715. The summed E-state index contributed by atoms with van der Waals surface area (Å²) in [5, 5.41) is 0.345. The van der Waals surface area contributed by atoms with Crippen LogP contribution in [0.1, 0.15) is 24.4 Å². The number of esters is 1. The lowest BCUT2D eigenvalue weighted by molar-refractivity contribution is -0.141. The molecule has 150 valence electrons. The molecule has 0 saturated heterocycles. The Kier molecular flexibility index (Phi) is 6.43. The van der Waals surface area contributed by atoms with Crippen LogP contribution in [0.2, 0.25) is 5.02 Å². The third-order valence-electron chi connectivity index (χ3n) is 4.21. The lowest BCUT2D eigenvalue weighted by Gasteiger charge is -2.20. The normalized spacial score (nSPS) is 14.8. The van der Waals surface area contributed by atoms with Crippen molar-refractivity contribution in [1.82, 2.24) is 4.72 Å². The third kappa shape index (κ3) is 4.76. The van der Waals surface area contributed by atoms with Crippen LogP contribution in [0, 0.1) is 0 Å². The van der Waals surface area contributed by atoms with Crippen molar-refractivity contribution in [2.75, 3.05) is 20.3 Å². The lowest BCUT2D eigenvalue weighted by Crippen LogP contribution is -2.30. The molecule has 0 radical (unpaired) electrons. The molecule has 1 N–H and O–H groups in total. The molecule has 0 amide bonds. The highest BCUT2D eigenvalue weighted by atomic mass is 35.5. The predicted molar refractivity (Wildman–Crippen MR) is 103 cm³/mol. The Bertz CT molecular complexity index is 963. The molecule has 0 aliphatic carbocycles. The van der Waals surface area contributed by atoms with Crippen molar-refractivity contribution in [1.29, 1.82) is 0 Å². The Hall–Kier alpha value is -2.29. The third-order valence-corrected chi connectivity index (χ3v) is 6.02. The number of ether oxygens (including phenoxy) is 3. The van der Waals surface area contributed by atoms with E-state index >= 15 is 0 Å². The molecule has 3 rings (SSSR count). The molecule has 7 nitrogen and oxygen atoms in total.